The van der Waals surface area contributed by atoms with Gasteiger partial charge >= 0.3 is 17.9 Å². The number of unbranched alkanes of at least 4 members (excludes halogenated alkanes) is 1. The summed E-state index contributed by atoms with van der Waals surface area (Å²) in [6.45, 7) is 2.38. The van der Waals surface area contributed by atoms with Crippen LogP contribution >= 0.6 is 0 Å². The van der Waals surface area contributed by atoms with E-state index in [0.29, 0.717) is 25.9 Å². The fraction of sp³-hybridized carbons (Fsp3) is 0.524. The zero-order valence-corrected chi connectivity index (χ0v) is 17.1. The largest absolute Gasteiger partial charge is 0.479 e. The molecule has 30 heavy (non-hydrogen) atoms. The van der Waals surface area contributed by atoms with Gasteiger partial charge in [-0.15, -0.1) is 0 Å². The Hall–Kier alpha value is -2.52. The van der Waals surface area contributed by atoms with Gasteiger partial charge in [-0.3, -0.25) is 0 Å². The number of nitrogens with zero attached hydrogens (tertiary/aromatic N) is 2. The number of hydrogen-bond donors (Lipinski definition) is 2. The first-order valence-electron chi connectivity index (χ1n) is 9.80. The number of carboxylic acid groups (broad SMARTS) is 1. The Morgan fingerprint density at radius 1 is 1.33 bits per heavy atom. The predicted molar refractivity (Wildman–Crippen MR) is 106 cm³/mol. The molecule has 1 fully saturated rings. The Morgan fingerprint density at radius 3 is 2.63 bits per heavy atom. The standard InChI is InChI=1S/C21H28F2N2O5/c1-15(19(27)28)30-13-7-6-12-25-17(14-24(2)20(25)29)10-11-18(26)21(22,23)16-8-4-3-5-9-16/h3-5,8-11,15,17-18,26H,6-7,12-14H2,1-2H3,(H,27,28). The highest BCUT2D eigenvalue weighted by Crippen LogP contribution is 2.32. The molecule has 7 nitrogen and oxygen atoms in total. The lowest BCUT2D eigenvalue weighted by Crippen LogP contribution is -2.35. The van der Waals surface area contributed by atoms with Crippen LogP contribution in [0.3, 0.4) is 0 Å². The van der Waals surface area contributed by atoms with Crippen molar-refractivity contribution in [1.82, 2.24) is 9.80 Å². The van der Waals surface area contributed by atoms with E-state index in [0.717, 1.165) is 6.08 Å². The number of halogens is 2. The Kier molecular flexibility index (Phi) is 8.31. The molecule has 1 aliphatic rings. The van der Waals surface area contributed by atoms with Crippen molar-refractivity contribution in [1.29, 1.82) is 0 Å². The van der Waals surface area contributed by atoms with Crippen molar-refractivity contribution < 1.29 is 33.3 Å². The van der Waals surface area contributed by atoms with Crippen molar-refractivity contribution >= 4 is 12.0 Å². The summed E-state index contributed by atoms with van der Waals surface area (Å²) in [4.78, 5) is 26.1. The Morgan fingerprint density at radius 2 is 2.00 bits per heavy atom. The Labute approximate surface area is 174 Å². The molecule has 3 unspecified atom stereocenters. The number of carbonyl (C=O) groups is 2. The lowest BCUT2D eigenvalue weighted by molar-refractivity contribution is -0.149. The summed E-state index contributed by atoms with van der Waals surface area (Å²) in [5, 5.41) is 18.8. The Bertz CT molecular complexity index is 744. The highest BCUT2D eigenvalue weighted by Gasteiger charge is 2.39. The molecule has 9 heteroatoms. The molecule has 1 aromatic carbocycles. The van der Waals surface area contributed by atoms with Gasteiger partial charge in [0, 0.05) is 32.3 Å². The fourth-order valence-corrected chi connectivity index (χ4v) is 3.15. The molecule has 1 heterocycles. The second-order valence-corrected chi connectivity index (χ2v) is 7.30. The zero-order chi connectivity index (χ0) is 22.3. The topological polar surface area (TPSA) is 90.3 Å². The van der Waals surface area contributed by atoms with Gasteiger partial charge in [0.1, 0.15) is 6.10 Å². The number of alkyl halides is 2. The van der Waals surface area contributed by atoms with Crippen LogP contribution in [0.4, 0.5) is 13.6 Å². The number of likely N-dealkylation sites (N-methyl/N-ethyl adjacent to an activating group) is 1. The first kappa shape index (κ1) is 23.8. The lowest BCUT2D eigenvalue weighted by Gasteiger charge is -2.23. The van der Waals surface area contributed by atoms with Gasteiger partial charge in [0.05, 0.1) is 6.04 Å². The van der Waals surface area contributed by atoms with Crippen molar-refractivity contribution in [2.45, 2.75) is 43.9 Å². The van der Waals surface area contributed by atoms with Crippen molar-refractivity contribution in [2.75, 3.05) is 26.7 Å². The number of amides is 2. The molecule has 0 aliphatic carbocycles. The van der Waals surface area contributed by atoms with Gasteiger partial charge in [0.25, 0.3) is 0 Å². The van der Waals surface area contributed by atoms with Gasteiger partial charge in [-0.25, -0.2) is 9.59 Å². The van der Waals surface area contributed by atoms with E-state index in [1.807, 2.05) is 0 Å². The lowest BCUT2D eigenvalue weighted by atomic mass is 10.0. The average molecular weight is 426 g/mol. The van der Waals surface area contributed by atoms with Gasteiger partial charge in [-0.1, -0.05) is 42.5 Å². The fourth-order valence-electron chi connectivity index (χ4n) is 3.15. The number of aliphatic hydroxyl groups is 1. The van der Waals surface area contributed by atoms with Crippen LogP contribution in [0.2, 0.25) is 0 Å². The van der Waals surface area contributed by atoms with Gasteiger partial charge in [0.2, 0.25) is 0 Å². The van der Waals surface area contributed by atoms with Gasteiger partial charge in [0.15, 0.2) is 6.10 Å². The first-order chi connectivity index (χ1) is 14.1. The van der Waals surface area contributed by atoms with E-state index in [-0.39, 0.29) is 18.2 Å². The molecule has 166 valence electrons. The van der Waals surface area contributed by atoms with Crippen LogP contribution in [0, 0.1) is 0 Å². The second-order valence-electron chi connectivity index (χ2n) is 7.30. The summed E-state index contributed by atoms with van der Waals surface area (Å²) >= 11 is 0. The second kappa shape index (κ2) is 10.5. The minimum atomic E-state index is -3.45. The summed E-state index contributed by atoms with van der Waals surface area (Å²) in [5.74, 6) is -4.49. The third-order valence-corrected chi connectivity index (χ3v) is 4.99. The quantitative estimate of drug-likeness (QED) is 0.420. The number of urea groups is 1. The van der Waals surface area contributed by atoms with E-state index in [1.54, 1.807) is 18.0 Å². The Balaban J connectivity index is 1.92. The molecular formula is C21H28F2N2O5. The van der Waals surface area contributed by atoms with E-state index in [9.17, 15) is 23.5 Å². The molecule has 0 bridgehead atoms. The van der Waals surface area contributed by atoms with Crippen LogP contribution in [0.1, 0.15) is 25.3 Å². The zero-order valence-electron chi connectivity index (χ0n) is 17.1. The van der Waals surface area contributed by atoms with E-state index in [1.165, 1.54) is 42.2 Å². The maximum atomic E-state index is 14.4. The van der Waals surface area contributed by atoms with Crippen molar-refractivity contribution in [2.24, 2.45) is 0 Å². The summed E-state index contributed by atoms with van der Waals surface area (Å²) in [7, 11) is 1.62. The molecular weight excluding hydrogens is 398 g/mol. The van der Waals surface area contributed by atoms with E-state index in [4.69, 9.17) is 9.84 Å². The molecule has 3 atom stereocenters. The highest BCUT2D eigenvalue weighted by atomic mass is 19.3. The maximum absolute atomic E-state index is 14.4. The molecule has 0 aromatic heterocycles. The van der Waals surface area contributed by atoms with Gasteiger partial charge in [-0.2, -0.15) is 8.78 Å². The van der Waals surface area contributed by atoms with Crippen LogP contribution in [0.25, 0.3) is 0 Å². The summed E-state index contributed by atoms with van der Waals surface area (Å²) < 4.78 is 34.0. The predicted octanol–water partition coefficient (Wildman–Crippen LogP) is 2.70. The van der Waals surface area contributed by atoms with Crippen molar-refractivity contribution in [3.63, 3.8) is 0 Å². The monoisotopic (exact) mass is 426 g/mol. The summed E-state index contributed by atoms with van der Waals surface area (Å²) in [6, 6.07) is 6.41. The van der Waals surface area contributed by atoms with Crippen LogP contribution in [0.5, 0.6) is 0 Å². The smallest absolute Gasteiger partial charge is 0.332 e. The first-order valence-corrected chi connectivity index (χ1v) is 9.80. The van der Waals surface area contributed by atoms with Crippen LogP contribution in [-0.4, -0.2) is 77.0 Å². The number of aliphatic carboxylic acids is 1. The summed E-state index contributed by atoms with van der Waals surface area (Å²) in [6.07, 6.45) is 0.678. The average Bonchev–Trinajstić information content (AvgIpc) is 2.99. The number of carboxylic acids is 1. The van der Waals surface area contributed by atoms with Crippen LogP contribution in [0.15, 0.2) is 42.5 Å². The number of aliphatic hydroxyl groups excluding tert-OH is 1. The summed E-state index contributed by atoms with van der Waals surface area (Å²) in [5.41, 5.74) is -0.283. The van der Waals surface area contributed by atoms with Crippen molar-refractivity contribution in [3.8, 4) is 0 Å². The third kappa shape index (κ3) is 5.99. The maximum Gasteiger partial charge on any atom is 0.332 e. The van der Waals surface area contributed by atoms with Crippen LogP contribution < -0.4 is 0 Å². The molecule has 2 rings (SSSR count). The van der Waals surface area contributed by atoms with E-state index < -0.39 is 30.1 Å². The SMILES string of the molecule is CC(OCCCCN1C(=O)N(C)CC1C=CC(O)C(F)(F)c1ccccc1)C(=O)O. The van der Waals surface area contributed by atoms with Crippen LogP contribution in [-0.2, 0) is 15.5 Å². The number of benzene rings is 1. The van der Waals surface area contributed by atoms with E-state index in [2.05, 4.69) is 0 Å². The van der Waals surface area contributed by atoms with Gasteiger partial charge in [-0.05, 0) is 19.8 Å². The molecule has 1 aromatic rings. The molecule has 1 saturated heterocycles. The number of carbonyl (C=O) groups excluding carboxylic acids is 1. The highest BCUT2D eigenvalue weighted by molar-refractivity contribution is 5.77. The normalized spacial score (nSPS) is 19.5. The molecule has 2 N–H and O–H groups in total. The molecule has 1 aliphatic heterocycles. The molecule has 0 radical (unpaired) electrons. The third-order valence-electron chi connectivity index (χ3n) is 4.99. The van der Waals surface area contributed by atoms with E-state index >= 15 is 0 Å². The van der Waals surface area contributed by atoms with Crippen molar-refractivity contribution in [3.05, 3.63) is 48.0 Å². The number of ether oxygens (including phenoxy) is 1. The molecule has 0 spiro atoms. The minimum absolute atomic E-state index is 0.228. The molecule has 0 saturated carbocycles. The number of hydrogen-bond acceptors (Lipinski definition) is 4. The van der Waals surface area contributed by atoms with Gasteiger partial charge < -0.3 is 24.7 Å². The molecule has 2 amide bonds. The number of rotatable bonds is 11. The minimum Gasteiger partial charge on any atom is -0.479 e.